The number of nitrogens with one attached hydrogen (secondary N) is 1. The van der Waals surface area contributed by atoms with Crippen molar-refractivity contribution in [1.29, 1.82) is 0 Å². The molecule has 27 heavy (non-hydrogen) atoms. The van der Waals surface area contributed by atoms with Gasteiger partial charge in [0.25, 0.3) is 0 Å². The molecule has 2 aromatic heterocycles. The van der Waals surface area contributed by atoms with Gasteiger partial charge < -0.3 is 25.5 Å². The van der Waals surface area contributed by atoms with Gasteiger partial charge in [0, 0.05) is 18.3 Å². The number of ether oxygens (including phenoxy) is 1. The summed E-state index contributed by atoms with van der Waals surface area (Å²) in [6, 6.07) is 8.16. The van der Waals surface area contributed by atoms with Crippen molar-refractivity contribution in [2.75, 3.05) is 26.4 Å². The van der Waals surface area contributed by atoms with Crippen molar-refractivity contribution in [3.05, 3.63) is 47.2 Å². The zero-order valence-electron chi connectivity index (χ0n) is 16.1. The Labute approximate surface area is 159 Å². The van der Waals surface area contributed by atoms with Crippen LogP contribution in [0.4, 0.5) is 5.82 Å². The van der Waals surface area contributed by atoms with Crippen LogP contribution in [0.3, 0.4) is 0 Å². The molecule has 7 heteroatoms. The highest BCUT2D eigenvalue weighted by Crippen LogP contribution is 2.31. The van der Waals surface area contributed by atoms with Gasteiger partial charge in [0.1, 0.15) is 17.1 Å². The molecule has 0 aliphatic carbocycles. The number of aromatic amines is 1. The molecular weight excluding hydrogens is 342 g/mol. The monoisotopic (exact) mass is 369 g/mol. The van der Waals surface area contributed by atoms with Crippen LogP contribution >= 0.6 is 0 Å². The third-order valence-electron chi connectivity index (χ3n) is 4.38. The van der Waals surface area contributed by atoms with Crippen molar-refractivity contribution in [2.24, 2.45) is 0 Å². The highest BCUT2D eigenvalue weighted by atomic mass is 16.5. The van der Waals surface area contributed by atoms with E-state index in [0.717, 1.165) is 24.9 Å². The minimum atomic E-state index is -0.815. The Morgan fingerprint density at radius 3 is 2.63 bits per heavy atom. The molecule has 0 aliphatic heterocycles. The van der Waals surface area contributed by atoms with Gasteiger partial charge in [-0.1, -0.05) is 37.6 Å². The molecule has 1 atom stereocenters. The molecule has 7 nitrogen and oxygen atoms in total. The molecule has 2 heterocycles. The number of nitrogens with two attached hydrogens (primary N) is 1. The van der Waals surface area contributed by atoms with Crippen molar-refractivity contribution < 1.29 is 9.84 Å². The molecule has 1 unspecified atom stereocenters. The largest absolute Gasteiger partial charge is 0.463 e. The average molecular weight is 369 g/mol. The van der Waals surface area contributed by atoms with Crippen molar-refractivity contribution in [3.63, 3.8) is 0 Å². The van der Waals surface area contributed by atoms with E-state index in [-0.39, 0.29) is 6.01 Å². The standard InChI is InChI=1S/C20H27N5O2/c1-4-5-10-27-20-23-16-15(11-22-17(16)19(21)24-20)18(26)14-8-6-13(7-9-14)12-25(2)3/h6-9,11,18,22,26H,4-5,10,12H2,1-3H3,(H2,21,23,24). The van der Waals surface area contributed by atoms with Crippen LogP contribution in [0.15, 0.2) is 30.5 Å². The maximum atomic E-state index is 10.9. The summed E-state index contributed by atoms with van der Waals surface area (Å²) < 4.78 is 5.60. The number of unbranched alkanes of at least 4 members (excludes halogenated alkanes) is 1. The predicted molar refractivity (Wildman–Crippen MR) is 107 cm³/mol. The number of nitrogens with zero attached hydrogens (tertiary/aromatic N) is 3. The van der Waals surface area contributed by atoms with E-state index in [1.54, 1.807) is 6.20 Å². The summed E-state index contributed by atoms with van der Waals surface area (Å²) in [6.07, 6.45) is 2.85. The number of nitrogen functional groups attached to an aromatic ring is 1. The van der Waals surface area contributed by atoms with Crippen LogP contribution < -0.4 is 10.5 Å². The van der Waals surface area contributed by atoms with Gasteiger partial charge in [0.2, 0.25) is 0 Å². The SMILES string of the molecule is CCCCOc1nc(N)c2[nH]cc(C(O)c3ccc(CN(C)C)cc3)c2n1. The maximum Gasteiger partial charge on any atom is 0.319 e. The van der Waals surface area contributed by atoms with E-state index in [4.69, 9.17) is 10.5 Å². The van der Waals surface area contributed by atoms with Gasteiger partial charge in [0.05, 0.1) is 6.61 Å². The van der Waals surface area contributed by atoms with Crippen molar-refractivity contribution in [3.8, 4) is 6.01 Å². The lowest BCUT2D eigenvalue weighted by Gasteiger charge is -2.13. The molecular formula is C20H27N5O2. The van der Waals surface area contributed by atoms with Crippen LogP contribution in [0.1, 0.15) is 42.6 Å². The number of H-pyrrole nitrogens is 1. The molecule has 144 valence electrons. The molecule has 1 aromatic carbocycles. The molecule has 0 amide bonds. The Hall–Kier alpha value is -2.64. The van der Waals surface area contributed by atoms with Gasteiger partial charge in [-0.25, -0.2) is 0 Å². The van der Waals surface area contributed by atoms with Gasteiger partial charge in [0.15, 0.2) is 5.82 Å². The first-order valence-corrected chi connectivity index (χ1v) is 9.18. The topological polar surface area (TPSA) is 100 Å². The van der Waals surface area contributed by atoms with Crippen molar-refractivity contribution in [1.82, 2.24) is 19.9 Å². The fourth-order valence-corrected chi connectivity index (χ4v) is 2.96. The number of aliphatic hydroxyl groups excluding tert-OH is 1. The second kappa shape index (κ2) is 8.37. The Bertz CT molecular complexity index is 889. The van der Waals surface area contributed by atoms with E-state index in [9.17, 15) is 5.11 Å². The molecule has 0 saturated heterocycles. The smallest absolute Gasteiger partial charge is 0.319 e. The maximum absolute atomic E-state index is 10.9. The van der Waals surface area contributed by atoms with Crippen molar-refractivity contribution in [2.45, 2.75) is 32.4 Å². The van der Waals surface area contributed by atoms with Crippen LogP contribution in [0.2, 0.25) is 0 Å². The van der Waals surface area contributed by atoms with E-state index in [0.29, 0.717) is 29.0 Å². The van der Waals surface area contributed by atoms with Crippen LogP contribution in [-0.4, -0.2) is 45.7 Å². The van der Waals surface area contributed by atoms with E-state index in [2.05, 4.69) is 26.8 Å². The third-order valence-corrected chi connectivity index (χ3v) is 4.38. The molecule has 0 saturated carbocycles. The summed E-state index contributed by atoms with van der Waals surface area (Å²) in [4.78, 5) is 13.8. The van der Waals surface area contributed by atoms with Crippen LogP contribution in [0, 0.1) is 0 Å². The molecule has 0 bridgehead atoms. The average Bonchev–Trinajstić information content (AvgIpc) is 3.06. The molecule has 0 fully saturated rings. The molecule has 0 radical (unpaired) electrons. The second-order valence-corrected chi connectivity index (χ2v) is 6.94. The molecule has 0 spiro atoms. The number of anilines is 1. The molecule has 3 rings (SSSR count). The van der Waals surface area contributed by atoms with E-state index in [1.165, 1.54) is 5.56 Å². The first kappa shape index (κ1) is 19.1. The first-order valence-electron chi connectivity index (χ1n) is 9.18. The molecule has 3 aromatic rings. The van der Waals surface area contributed by atoms with Gasteiger partial charge in [-0.2, -0.15) is 9.97 Å². The summed E-state index contributed by atoms with van der Waals surface area (Å²) in [5, 5.41) is 10.9. The fraction of sp³-hybridized carbons (Fsp3) is 0.400. The lowest BCUT2D eigenvalue weighted by molar-refractivity contribution is 0.221. The zero-order chi connectivity index (χ0) is 19.4. The Morgan fingerprint density at radius 1 is 1.22 bits per heavy atom. The van der Waals surface area contributed by atoms with E-state index < -0.39 is 6.10 Å². The molecule has 4 N–H and O–H groups in total. The van der Waals surface area contributed by atoms with Gasteiger partial charge in [-0.15, -0.1) is 0 Å². The quantitative estimate of drug-likeness (QED) is 0.528. The van der Waals surface area contributed by atoms with E-state index in [1.807, 2.05) is 38.4 Å². The molecule has 0 aliphatic rings. The Morgan fingerprint density at radius 2 is 1.96 bits per heavy atom. The summed E-state index contributed by atoms with van der Waals surface area (Å²) in [7, 11) is 4.05. The zero-order valence-corrected chi connectivity index (χ0v) is 16.1. The number of benzene rings is 1. The van der Waals surface area contributed by atoms with E-state index >= 15 is 0 Å². The number of hydrogen-bond acceptors (Lipinski definition) is 6. The van der Waals surface area contributed by atoms with Crippen LogP contribution in [0.5, 0.6) is 6.01 Å². The lowest BCUT2D eigenvalue weighted by Crippen LogP contribution is -2.10. The number of aliphatic hydroxyl groups is 1. The lowest BCUT2D eigenvalue weighted by atomic mass is 10.0. The van der Waals surface area contributed by atoms with Crippen molar-refractivity contribution >= 4 is 16.9 Å². The number of hydrogen-bond donors (Lipinski definition) is 3. The minimum Gasteiger partial charge on any atom is -0.463 e. The third kappa shape index (κ3) is 4.37. The summed E-state index contributed by atoms with van der Waals surface area (Å²) in [6.45, 7) is 3.48. The van der Waals surface area contributed by atoms with Gasteiger partial charge in [-0.05, 0) is 31.6 Å². The fourth-order valence-electron chi connectivity index (χ4n) is 2.96. The summed E-state index contributed by atoms with van der Waals surface area (Å²) in [5.74, 6) is 0.311. The Kier molecular flexibility index (Phi) is 5.93. The minimum absolute atomic E-state index is 0.239. The first-order chi connectivity index (χ1) is 13.0. The van der Waals surface area contributed by atoms with Crippen LogP contribution in [-0.2, 0) is 6.54 Å². The normalized spacial score (nSPS) is 12.6. The number of aromatic nitrogens is 3. The second-order valence-electron chi connectivity index (χ2n) is 6.94. The van der Waals surface area contributed by atoms with Crippen LogP contribution in [0.25, 0.3) is 11.0 Å². The van der Waals surface area contributed by atoms with Gasteiger partial charge in [-0.3, -0.25) is 0 Å². The highest BCUT2D eigenvalue weighted by Gasteiger charge is 2.19. The predicted octanol–water partition coefficient (Wildman–Crippen LogP) is 2.86. The summed E-state index contributed by atoms with van der Waals surface area (Å²) in [5.41, 5.74) is 9.86. The highest BCUT2D eigenvalue weighted by molar-refractivity contribution is 5.88. The number of rotatable bonds is 8. The Balaban J connectivity index is 1.88. The summed E-state index contributed by atoms with van der Waals surface area (Å²) >= 11 is 0. The number of fused-ring (bicyclic) bond motifs is 1. The van der Waals surface area contributed by atoms with Gasteiger partial charge >= 0.3 is 6.01 Å².